The summed E-state index contributed by atoms with van der Waals surface area (Å²) in [6.07, 6.45) is 0.861. The molecular formula is C20H21N3O4. The van der Waals surface area contributed by atoms with Crippen molar-refractivity contribution in [1.29, 1.82) is 0 Å². The van der Waals surface area contributed by atoms with E-state index in [0.717, 1.165) is 16.9 Å². The summed E-state index contributed by atoms with van der Waals surface area (Å²) in [6.45, 7) is 2.04. The molecule has 1 heterocycles. The van der Waals surface area contributed by atoms with E-state index in [0.29, 0.717) is 17.0 Å². The number of nitrogens with one attached hydrogen (secondary N) is 2. The van der Waals surface area contributed by atoms with Gasteiger partial charge in [0, 0.05) is 5.56 Å². The fourth-order valence-electron chi connectivity index (χ4n) is 2.86. The Balaban J connectivity index is 1.63. The zero-order valence-corrected chi connectivity index (χ0v) is 15.2. The first-order chi connectivity index (χ1) is 13.0. The molecule has 0 saturated carbocycles. The first-order valence-electron chi connectivity index (χ1n) is 8.69. The minimum absolute atomic E-state index is 0.0279. The van der Waals surface area contributed by atoms with E-state index >= 15 is 0 Å². The van der Waals surface area contributed by atoms with Crippen molar-refractivity contribution in [3.05, 3.63) is 59.7 Å². The Morgan fingerprint density at radius 2 is 1.78 bits per heavy atom. The van der Waals surface area contributed by atoms with Gasteiger partial charge in [-0.15, -0.1) is 0 Å². The second kappa shape index (κ2) is 8.01. The zero-order valence-electron chi connectivity index (χ0n) is 15.2. The molecule has 1 aliphatic heterocycles. The summed E-state index contributed by atoms with van der Waals surface area (Å²) in [4.78, 5) is 38.1. The summed E-state index contributed by atoms with van der Waals surface area (Å²) in [5, 5.41) is 0. The minimum Gasteiger partial charge on any atom is -0.497 e. The van der Waals surface area contributed by atoms with Crippen molar-refractivity contribution in [2.24, 2.45) is 0 Å². The third kappa shape index (κ3) is 3.98. The molecule has 1 atom stereocenters. The van der Waals surface area contributed by atoms with Gasteiger partial charge < -0.3 is 4.74 Å². The number of rotatable bonds is 6. The lowest BCUT2D eigenvalue weighted by molar-refractivity contribution is -0.121. The van der Waals surface area contributed by atoms with Crippen molar-refractivity contribution in [2.75, 3.05) is 12.0 Å². The van der Waals surface area contributed by atoms with E-state index in [1.807, 2.05) is 19.1 Å². The van der Waals surface area contributed by atoms with Crippen molar-refractivity contribution >= 4 is 23.4 Å². The lowest BCUT2D eigenvalue weighted by atomic mass is 10.1. The van der Waals surface area contributed by atoms with Crippen LogP contribution in [0.15, 0.2) is 48.5 Å². The number of imide groups is 1. The molecule has 1 aliphatic rings. The van der Waals surface area contributed by atoms with Gasteiger partial charge >= 0.3 is 0 Å². The second-order valence-electron chi connectivity index (χ2n) is 6.17. The quantitative estimate of drug-likeness (QED) is 0.601. The van der Waals surface area contributed by atoms with Gasteiger partial charge in [0.2, 0.25) is 5.91 Å². The first kappa shape index (κ1) is 18.6. The van der Waals surface area contributed by atoms with Crippen molar-refractivity contribution in [3.8, 4) is 5.75 Å². The smallest absolute Gasteiger partial charge is 0.265 e. The Kier molecular flexibility index (Phi) is 5.52. The van der Waals surface area contributed by atoms with E-state index in [1.54, 1.807) is 43.5 Å². The molecule has 7 heteroatoms. The highest BCUT2D eigenvalue weighted by Crippen LogP contribution is 2.24. The van der Waals surface area contributed by atoms with Crippen LogP contribution in [0.2, 0.25) is 0 Å². The fourth-order valence-corrected chi connectivity index (χ4v) is 2.86. The standard InChI is InChI=1S/C20H21N3O4/c1-3-13-4-6-14(7-5-13)19(25)22-21-17-12-18(24)23(20(17)26)15-8-10-16(27-2)11-9-15/h4-11,17,21H,3,12H2,1-2H3,(H,22,25). The van der Waals surface area contributed by atoms with Crippen LogP contribution in [0.25, 0.3) is 0 Å². The van der Waals surface area contributed by atoms with Gasteiger partial charge in [-0.1, -0.05) is 19.1 Å². The molecule has 140 valence electrons. The number of nitrogens with zero attached hydrogens (tertiary/aromatic N) is 1. The highest BCUT2D eigenvalue weighted by Gasteiger charge is 2.39. The summed E-state index contributed by atoms with van der Waals surface area (Å²) in [5.74, 6) is -0.467. The zero-order chi connectivity index (χ0) is 19.4. The number of anilines is 1. The van der Waals surface area contributed by atoms with Crippen LogP contribution >= 0.6 is 0 Å². The van der Waals surface area contributed by atoms with Gasteiger partial charge in [-0.05, 0) is 48.4 Å². The summed E-state index contributed by atoms with van der Waals surface area (Å²) < 4.78 is 5.08. The van der Waals surface area contributed by atoms with Crippen molar-refractivity contribution < 1.29 is 19.1 Å². The Hall–Kier alpha value is -3.19. The third-order valence-electron chi connectivity index (χ3n) is 4.46. The van der Waals surface area contributed by atoms with Crippen LogP contribution in [0, 0.1) is 0 Å². The van der Waals surface area contributed by atoms with Gasteiger partial charge in [0.15, 0.2) is 0 Å². The molecule has 2 aromatic carbocycles. The minimum atomic E-state index is -0.807. The van der Waals surface area contributed by atoms with Crippen LogP contribution in [0.3, 0.4) is 0 Å². The maximum Gasteiger partial charge on any atom is 0.265 e. The van der Waals surface area contributed by atoms with Gasteiger partial charge in [-0.3, -0.25) is 19.8 Å². The monoisotopic (exact) mass is 367 g/mol. The molecule has 2 aromatic rings. The second-order valence-corrected chi connectivity index (χ2v) is 6.17. The van der Waals surface area contributed by atoms with Gasteiger partial charge in [0.1, 0.15) is 11.8 Å². The SMILES string of the molecule is CCc1ccc(C(=O)NNC2CC(=O)N(c3ccc(OC)cc3)C2=O)cc1. The molecule has 27 heavy (non-hydrogen) atoms. The molecule has 3 rings (SSSR count). The normalized spacial score (nSPS) is 16.5. The average molecular weight is 367 g/mol. The number of aryl methyl sites for hydroxylation is 1. The summed E-state index contributed by atoms with van der Waals surface area (Å²) in [6, 6.07) is 13.0. The van der Waals surface area contributed by atoms with E-state index in [9.17, 15) is 14.4 Å². The lowest BCUT2D eigenvalue weighted by Crippen LogP contribution is -2.48. The molecule has 0 spiro atoms. The first-order valence-corrected chi connectivity index (χ1v) is 8.69. The summed E-state index contributed by atoms with van der Waals surface area (Å²) >= 11 is 0. The molecule has 2 N–H and O–H groups in total. The number of benzene rings is 2. The number of ether oxygens (including phenoxy) is 1. The van der Waals surface area contributed by atoms with Crippen LogP contribution in [-0.2, 0) is 16.0 Å². The number of carbonyl (C=O) groups excluding carboxylic acids is 3. The lowest BCUT2D eigenvalue weighted by Gasteiger charge is -2.16. The maximum atomic E-state index is 12.6. The van der Waals surface area contributed by atoms with Crippen LogP contribution < -0.4 is 20.5 Å². The number of hydrogen-bond donors (Lipinski definition) is 2. The topological polar surface area (TPSA) is 87.7 Å². The Morgan fingerprint density at radius 3 is 2.37 bits per heavy atom. The number of amides is 3. The maximum absolute atomic E-state index is 12.6. The van der Waals surface area contributed by atoms with Crippen molar-refractivity contribution in [3.63, 3.8) is 0 Å². The molecule has 0 aliphatic carbocycles. The Morgan fingerprint density at radius 1 is 1.11 bits per heavy atom. The molecule has 1 fully saturated rings. The number of hydrazine groups is 1. The molecule has 7 nitrogen and oxygen atoms in total. The third-order valence-corrected chi connectivity index (χ3v) is 4.46. The van der Waals surface area contributed by atoms with Crippen LogP contribution in [0.1, 0.15) is 29.3 Å². The average Bonchev–Trinajstić information content (AvgIpc) is 2.99. The van der Waals surface area contributed by atoms with Crippen LogP contribution in [0.5, 0.6) is 5.75 Å². The van der Waals surface area contributed by atoms with Gasteiger partial charge in [-0.25, -0.2) is 10.3 Å². The molecule has 0 aromatic heterocycles. The van der Waals surface area contributed by atoms with Crippen molar-refractivity contribution in [1.82, 2.24) is 10.9 Å². The molecule has 0 radical (unpaired) electrons. The predicted molar refractivity (Wildman–Crippen MR) is 100 cm³/mol. The van der Waals surface area contributed by atoms with E-state index < -0.39 is 11.9 Å². The predicted octanol–water partition coefficient (Wildman–Crippen LogP) is 1.82. The van der Waals surface area contributed by atoms with E-state index in [4.69, 9.17) is 4.74 Å². The van der Waals surface area contributed by atoms with Crippen LogP contribution in [-0.4, -0.2) is 30.9 Å². The van der Waals surface area contributed by atoms with Crippen LogP contribution in [0.4, 0.5) is 5.69 Å². The highest BCUT2D eigenvalue weighted by atomic mass is 16.5. The fraction of sp³-hybridized carbons (Fsp3) is 0.250. The number of hydrogen-bond acceptors (Lipinski definition) is 5. The largest absolute Gasteiger partial charge is 0.497 e. The highest BCUT2D eigenvalue weighted by molar-refractivity contribution is 6.22. The van der Waals surface area contributed by atoms with E-state index in [2.05, 4.69) is 10.9 Å². The van der Waals surface area contributed by atoms with E-state index in [1.165, 1.54) is 0 Å². The Bertz CT molecular complexity index is 847. The molecular weight excluding hydrogens is 346 g/mol. The van der Waals surface area contributed by atoms with Gasteiger partial charge in [0.05, 0.1) is 19.2 Å². The number of carbonyl (C=O) groups is 3. The van der Waals surface area contributed by atoms with Gasteiger partial charge in [-0.2, -0.15) is 0 Å². The molecule has 3 amide bonds. The summed E-state index contributed by atoms with van der Waals surface area (Å²) in [7, 11) is 1.54. The molecule has 1 unspecified atom stereocenters. The Labute approximate surface area is 157 Å². The van der Waals surface area contributed by atoms with Gasteiger partial charge in [0.25, 0.3) is 11.8 Å². The summed E-state index contributed by atoms with van der Waals surface area (Å²) in [5.41, 5.74) is 7.26. The number of methoxy groups -OCH3 is 1. The van der Waals surface area contributed by atoms with Crippen molar-refractivity contribution in [2.45, 2.75) is 25.8 Å². The molecule has 1 saturated heterocycles. The van der Waals surface area contributed by atoms with E-state index in [-0.39, 0.29) is 18.2 Å². The molecule has 0 bridgehead atoms.